The molecule has 0 aliphatic rings. The van der Waals surface area contributed by atoms with Crippen LogP contribution in [0.3, 0.4) is 0 Å². The van der Waals surface area contributed by atoms with Crippen molar-refractivity contribution in [3.05, 3.63) is 46.8 Å². The summed E-state index contributed by atoms with van der Waals surface area (Å²) in [5, 5.41) is 8.70. The van der Waals surface area contributed by atoms with E-state index in [4.69, 9.17) is 5.11 Å². The summed E-state index contributed by atoms with van der Waals surface area (Å²) >= 11 is 0. The van der Waals surface area contributed by atoms with Gasteiger partial charge in [0.25, 0.3) is 0 Å². The van der Waals surface area contributed by atoms with Gasteiger partial charge in [-0.25, -0.2) is 18.0 Å². The molecule has 0 saturated heterocycles. The zero-order valence-electron chi connectivity index (χ0n) is 8.43. The fourth-order valence-corrected chi connectivity index (χ4v) is 1.23. The van der Waals surface area contributed by atoms with Crippen LogP contribution in [0.5, 0.6) is 0 Å². The Labute approximate surface area is 90.0 Å². The lowest BCUT2D eigenvalue weighted by Gasteiger charge is -2.04. The average molecular weight is 230 g/mol. The molecule has 0 fully saturated rings. The van der Waals surface area contributed by atoms with Crippen LogP contribution < -0.4 is 0 Å². The number of carboxylic acids is 1. The Balaban J connectivity index is 3.03. The zero-order valence-corrected chi connectivity index (χ0v) is 8.43. The summed E-state index contributed by atoms with van der Waals surface area (Å²) in [4.78, 5) is 10.6. The van der Waals surface area contributed by atoms with Crippen molar-refractivity contribution >= 4 is 5.97 Å². The van der Waals surface area contributed by atoms with Gasteiger partial charge in [0.2, 0.25) is 0 Å². The molecule has 1 aromatic carbocycles. The fourth-order valence-electron chi connectivity index (χ4n) is 1.23. The molecule has 0 unspecified atom stereocenters. The lowest BCUT2D eigenvalue weighted by Crippen LogP contribution is -2.05. The second kappa shape index (κ2) is 4.83. The van der Waals surface area contributed by atoms with Crippen LogP contribution in [0.1, 0.15) is 12.5 Å². The molecule has 0 aliphatic heterocycles. The van der Waals surface area contributed by atoms with Gasteiger partial charge < -0.3 is 5.11 Å². The van der Waals surface area contributed by atoms with E-state index in [0.29, 0.717) is 0 Å². The normalized spacial score (nSPS) is 11.6. The first-order valence-electron chi connectivity index (χ1n) is 4.47. The highest BCUT2D eigenvalue weighted by molar-refractivity contribution is 5.86. The highest BCUT2D eigenvalue weighted by Crippen LogP contribution is 2.16. The van der Waals surface area contributed by atoms with E-state index >= 15 is 0 Å². The molecule has 0 heterocycles. The van der Waals surface area contributed by atoms with E-state index in [0.717, 1.165) is 12.1 Å². The predicted molar refractivity (Wildman–Crippen MR) is 51.4 cm³/mol. The second-order valence-electron chi connectivity index (χ2n) is 3.17. The summed E-state index contributed by atoms with van der Waals surface area (Å²) in [6.07, 6.45) is 1.17. The molecule has 1 rings (SSSR count). The van der Waals surface area contributed by atoms with E-state index in [9.17, 15) is 18.0 Å². The van der Waals surface area contributed by atoms with Crippen molar-refractivity contribution in [2.24, 2.45) is 0 Å². The van der Waals surface area contributed by atoms with Gasteiger partial charge in [-0.3, -0.25) is 0 Å². The van der Waals surface area contributed by atoms with E-state index in [1.54, 1.807) is 0 Å². The van der Waals surface area contributed by atoms with Gasteiger partial charge in [-0.2, -0.15) is 0 Å². The Bertz CT molecular complexity index is 430. The van der Waals surface area contributed by atoms with E-state index in [2.05, 4.69) is 0 Å². The van der Waals surface area contributed by atoms with Gasteiger partial charge in [-0.1, -0.05) is 6.08 Å². The second-order valence-corrected chi connectivity index (χ2v) is 3.17. The van der Waals surface area contributed by atoms with Gasteiger partial charge in [0, 0.05) is 12.0 Å². The maximum Gasteiger partial charge on any atom is 0.331 e. The Morgan fingerprint density at radius 3 is 2.19 bits per heavy atom. The molecule has 0 spiro atoms. The number of hydrogen-bond acceptors (Lipinski definition) is 1. The van der Waals surface area contributed by atoms with Crippen LogP contribution in [0.25, 0.3) is 0 Å². The number of aliphatic carboxylic acids is 1. The van der Waals surface area contributed by atoms with Crippen LogP contribution in [-0.2, 0) is 11.2 Å². The molecular weight excluding hydrogens is 221 g/mol. The van der Waals surface area contributed by atoms with E-state index < -0.39 is 23.4 Å². The summed E-state index contributed by atoms with van der Waals surface area (Å²) in [5.41, 5.74) is 0.0670. The summed E-state index contributed by atoms with van der Waals surface area (Å²) in [7, 11) is 0. The molecule has 0 aromatic heterocycles. The first-order valence-corrected chi connectivity index (χ1v) is 4.47. The average Bonchev–Trinajstić information content (AvgIpc) is 2.21. The van der Waals surface area contributed by atoms with Gasteiger partial charge >= 0.3 is 5.97 Å². The third kappa shape index (κ3) is 2.62. The summed E-state index contributed by atoms with van der Waals surface area (Å²) in [6, 6.07) is 1.57. The quantitative estimate of drug-likeness (QED) is 0.640. The van der Waals surface area contributed by atoms with Crippen LogP contribution in [0.4, 0.5) is 13.2 Å². The van der Waals surface area contributed by atoms with Gasteiger partial charge in [-0.15, -0.1) is 0 Å². The predicted octanol–water partition coefficient (Wildman–Crippen LogP) is 2.68. The van der Waals surface area contributed by atoms with Crippen molar-refractivity contribution in [3.8, 4) is 0 Å². The zero-order chi connectivity index (χ0) is 12.3. The lowest BCUT2D eigenvalue weighted by atomic mass is 10.0. The van der Waals surface area contributed by atoms with Crippen LogP contribution in [0.15, 0.2) is 23.8 Å². The number of allylic oxidation sites excluding steroid dienone is 1. The summed E-state index contributed by atoms with van der Waals surface area (Å²) in [5.74, 6) is -5.37. The van der Waals surface area contributed by atoms with Crippen molar-refractivity contribution in [1.82, 2.24) is 0 Å². The molecule has 5 heteroatoms. The standard InChI is InChI=1S/C11H9F3O2/c1-2-7(11(15)16)3-6-4-8(12)10(14)9(13)5-6/h2,4-5H,3H2,1H3,(H,15,16). The first-order chi connectivity index (χ1) is 7.45. The van der Waals surface area contributed by atoms with Crippen molar-refractivity contribution < 1.29 is 23.1 Å². The fraction of sp³-hybridized carbons (Fsp3) is 0.182. The van der Waals surface area contributed by atoms with Crippen LogP contribution in [-0.4, -0.2) is 11.1 Å². The first kappa shape index (κ1) is 12.3. The molecule has 0 amide bonds. The van der Waals surface area contributed by atoms with Crippen LogP contribution >= 0.6 is 0 Å². The Morgan fingerprint density at radius 2 is 1.81 bits per heavy atom. The topological polar surface area (TPSA) is 37.3 Å². The van der Waals surface area contributed by atoms with E-state index in [1.807, 2.05) is 0 Å². The highest BCUT2D eigenvalue weighted by atomic mass is 19.2. The smallest absolute Gasteiger partial charge is 0.331 e. The highest BCUT2D eigenvalue weighted by Gasteiger charge is 2.13. The maximum absolute atomic E-state index is 12.8. The molecular formula is C11H9F3O2. The number of benzene rings is 1. The molecule has 2 nitrogen and oxygen atoms in total. The third-order valence-corrected chi connectivity index (χ3v) is 2.06. The number of hydrogen-bond donors (Lipinski definition) is 1. The number of carboxylic acid groups (broad SMARTS) is 1. The largest absolute Gasteiger partial charge is 0.478 e. The van der Waals surface area contributed by atoms with Crippen molar-refractivity contribution in [3.63, 3.8) is 0 Å². The van der Waals surface area contributed by atoms with Gasteiger partial charge in [0.15, 0.2) is 17.5 Å². The Morgan fingerprint density at radius 1 is 1.31 bits per heavy atom. The molecule has 86 valence electrons. The number of carbonyl (C=O) groups is 1. The molecule has 0 atom stereocenters. The van der Waals surface area contributed by atoms with Crippen LogP contribution in [0, 0.1) is 17.5 Å². The lowest BCUT2D eigenvalue weighted by molar-refractivity contribution is -0.132. The Hall–Kier alpha value is -1.78. The minimum Gasteiger partial charge on any atom is -0.478 e. The third-order valence-electron chi connectivity index (χ3n) is 2.06. The number of halogens is 3. The number of rotatable bonds is 3. The maximum atomic E-state index is 12.8. The van der Waals surface area contributed by atoms with E-state index in [1.165, 1.54) is 13.0 Å². The Kier molecular flexibility index (Phi) is 3.71. The molecule has 0 aliphatic carbocycles. The molecule has 0 saturated carbocycles. The van der Waals surface area contributed by atoms with Crippen molar-refractivity contribution in [2.45, 2.75) is 13.3 Å². The SMILES string of the molecule is CC=C(Cc1cc(F)c(F)c(F)c1)C(=O)O. The van der Waals surface area contributed by atoms with Crippen molar-refractivity contribution in [2.75, 3.05) is 0 Å². The van der Waals surface area contributed by atoms with Gasteiger partial charge in [0.05, 0.1) is 0 Å². The van der Waals surface area contributed by atoms with Crippen molar-refractivity contribution in [1.29, 1.82) is 0 Å². The summed E-state index contributed by atoms with van der Waals surface area (Å²) < 4.78 is 38.2. The van der Waals surface area contributed by atoms with Crippen LogP contribution in [0.2, 0.25) is 0 Å². The van der Waals surface area contributed by atoms with E-state index in [-0.39, 0.29) is 17.6 Å². The minimum atomic E-state index is -1.55. The molecule has 0 bridgehead atoms. The van der Waals surface area contributed by atoms with Gasteiger partial charge in [0.1, 0.15) is 0 Å². The molecule has 0 radical (unpaired) electrons. The van der Waals surface area contributed by atoms with Gasteiger partial charge in [-0.05, 0) is 24.6 Å². The minimum absolute atomic E-state index is 0.00888. The molecule has 1 N–H and O–H groups in total. The summed E-state index contributed by atoms with van der Waals surface area (Å²) in [6.45, 7) is 1.50. The molecule has 16 heavy (non-hydrogen) atoms. The monoisotopic (exact) mass is 230 g/mol. The molecule has 1 aromatic rings.